The summed E-state index contributed by atoms with van der Waals surface area (Å²) in [6, 6.07) is 4.52. The van der Waals surface area contributed by atoms with E-state index in [1.54, 1.807) is 6.07 Å². The number of hydrogen-bond donors (Lipinski definition) is 3. The van der Waals surface area contributed by atoms with Gasteiger partial charge in [-0.3, -0.25) is 4.79 Å². The Morgan fingerprint density at radius 3 is 2.57 bits per heavy atom. The average Bonchev–Trinajstić information content (AvgIpc) is 2.50. The van der Waals surface area contributed by atoms with Crippen molar-refractivity contribution in [3.8, 4) is 11.5 Å². The molecule has 0 aromatic heterocycles. The smallest absolute Gasteiger partial charge is 0.271 e. The zero-order chi connectivity index (χ0) is 15.6. The van der Waals surface area contributed by atoms with Crippen LogP contribution in [0.4, 0.5) is 5.69 Å². The zero-order valence-electron chi connectivity index (χ0n) is 12.2. The standard InChI is InChI=1S/C15H21NO5/c1-3-15(4-2)14(20)16(8-11(19)9-17)12-7-10(18)5-6-13(12)21-15/h5-7,11,17-19H,3-4,8-9H2,1-2H3. The average molecular weight is 295 g/mol. The third-order valence-corrected chi connectivity index (χ3v) is 3.92. The van der Waals surface area contributed by atoms with E-state index < -0.39 is 18.3 Å². The number of phenolic OH excluding ortho intramolecular Hbond substituents is 1. The van der Waals surface area contributed by atoms with Crippen LogP contribution in [0, 0.1) is 0 Å². The Morgan fingerprint density at radius 2 is 2.00 bits per heavy atom. The van der Waals surface area contributed by atoms with Crippen molar-refractivity contribution in [2.24, 2.45) is 0 Å². The largest absolute Gasteiger partial charge is 0.508 e. The monoisotopic (exact) mass is 295 g/mol. The number of benzene rings is 1. The minimum absolute atomic E-state index is 0.00846. The third kappa shape index (κ3) is 2.69. The Bertz CT molecular complexity index is 527. The summed E-state index contributed by atoms with van der Waals surface area (Å²) in [4.78, 5) is 14.1. The number of aliphatic hydroxyl groups is 2. The maximum Gasteiger partial charge on any atom is 0.271 e. The van der Waals surface area contributed by atoms with Gasteiger partial charge in [-0.1, -0.05) is 13.8 Å². The van der Waals surface area contributed by atoms with Crippen LogP contribution in [-0.4, -0.2) is 46.1 Å². The number of β-amino-alcohol motifs (C(OH)–C–C–N with tert-alkyl or cyclic N) is 1. The van der Waals surface area contributed by atoms with Gasteiger partial charge >= 0.3 is 0 Å². The van der Waals surface area contributed by atoms with Gasteiger partial charge in [0.05, 0.1) is 24.9 Å². The van der Waals surface area contributed by atoms with Gasteiger partial charge in [0.25, 0.3) is 5.91 Å². The molecule has 0 aliphatic carbocycles. The predicted octanol–water partition coefficient (Wildman–Crippen LogP) is 1.03. The molecule has 6 nitrogen and oxygen atoms in total. The molecule has 0 bridgehead atoms. The number of rotatable bonds is 5. The van der Waals surface area contributed by atoms with Crippen molar-refractivity contribution in [1.82, 2.24) is 0 Å². The van der Waals surface area contributed by atoms with Crippen LogP contribution in [0.5, 0.6) is 11.5 Å². The molecule has 1 aliphatic heterocycles. The summed E-state index contributed by atoms with van der Waals surface area (Å²) in [5, 5.41) is 28.3. The molecule has 0 fully saturated rings. The van der Waals surface area contributed by atoms with Gasteiger partial charge in [0, 0.05) is 6.07 Å². The number of aliphatic hydroxyl groups excluding tert-OH is 2. The van der Waals surface area contributed by atoms with Crippen LogP contribution in [0.15, 0.2) is 18.2 Å². The Hall–Kier alpha value is -1.79. The van der Waals surface area contributed by atoms with Gasteiger partial charge in [0.2, 0.25) is 0 Å². The predicted molar refractivity (Wildman–Crippen MR) is 77.5 cm³/mol. The molecule has 21 heavy (non-hydrogen) atoms. The first kappa shape index (κ1) is 15.6. The summed E-state index contributed by atoms with van der Waals surface area (Å²) in [5.41, 5.74) is -0.566. The summed E-state index contributed by atoms with van der Waals surface area (Å²) in [7, 11) is 0. The van der Waals surface area contributed by atoms with Gasteiger partial charge in [-0.25, -0.2) is 0 Å². The number of amides is 1. The highest BCUT2D eigenvalue weighted by Crippen LogP contribution is 2.42. The molecule has 1 atom stereocenters. The minimum Gasteiger partial charge on any atom is -0.508 e. The van der Waals surface area contributed by atoms with Crippen LogP contribution in [0.1, 0.15) is 26.7 Å². The molecule has 2 rings (SSSR count). The SMILES string of the molecule is CCC1(CC)Oc2ccc(O)cc2N(CC(O)CO)C1=O. The maximum atomic E-state index is 12.8. The molecule has 0 radical (unpaired) electrons. The second-order valence-corrected chi connectivity index (χ2v) is 5.21. The topological polar surface area (TPSA) is 90.2 Å². The van der Waals surface area contributed by atoms with Crippen LogP contribution >= 0.6 is 0 Å². The van der Waals surface area contributed by atoms with E-state index in [9.17, 15) is 15.0 Å². The molecule has 1 aromatic rings. The number of phenols is 1. The van der Waals surface area contributed by atoms with E-state index in [2.05, 4.69) is 0 Å². The Morgan fingerprint density at radius 1 is 1.33 bits per heavy atom. The van der Waals surface area contributed by atoms with E-state index in [-0.39, 0.29) is 18.2 Å². The quantitative estimate of drug-likeness (QED) is 0.755. The van der Waals surface area contributed by atoms with Crippen molar-refractivity contribution < 1.29 is 24.9 Å². The molecule has 1 heterocycles. The number of aromatic hydroxyl groups is 1. The summed E-state index contributed by atoms with van der Waals surface area (Å²) >= 11 is 0. The summed E-state index contributed by atoms with van der Waals surface area (Å²) in [6.07, 6.45) is -0.0587. The normalized spacial score (nSPS) is 18.1. The van der Waals surface area contributed by atoms with Gasteiger partial charge in [-0.15, -0.1) is 0 Å². The van der Waals surface area contributed by atoms with Crippen molar-refractivity contribution in [2.45, 2.75) is 38.4 Å². The van der Waals surface area contributed by atoms with Crippen molar-refractivity contribution in [3.05, 3.63) is 18.2 Å². The van der Waals surface area contributed by atoms with Gasteiger partial charge in [0.1, 0.15) is 11.5 Å². The summed E-state index contributed by atoms with van der Waals surface area (Å²) in [6.45, 7) is 3.25. The highest BCUT2D eigenvalue weighted by atomic mass is 16.5. The first-order valence-corrected chi connectivity index (χ1v) is 7.10. The lowest BCUT2D eigenvalue weighted by atomic mass is 9.92. The number of fused-ring (bicyclic) bond motifs is 1. The lowest BCUT2D eigenvalue weighted by molar-refractivity contribution is -0.136. The third-order valence-electron chi connectivity index (χ3n) is 3.92. The molecule has 0 saturated carbocycles. The molecule has 0 saturated heterocycles. The van der Waals surface area contributed by atoms with Crippen LogP contribution < -0.4 is 9.64 Å². The van der Waals surface area contributed by atoms with Crippen molar-refractivity contribution in [2.75, 3.05) is 18.1 Å². The van der Waals surface area contributed by atoms with Crippen LogP contribution in [-0.2, 0) is 4.79 Å². The highest BCUT2D eigenvalue weighted by Gasteiger charge is 2.46. The fourth-order valence-electron chi connectivity index (χ4n) is 2.56. The number of carbonyl (C=O) groups excluding carboxylic acids is 1. The van der Waals surface area contributed by atoms with E-state index in [0.717, 1.165) is 0 Å². The van der Waals surface area contributed by atoms with E-state index in [4.69, 9.17) is 9.84 Å². The molecular weight excluding hydrogens is 274 g/mol. The van der Waals surface area contributed by atoms with Gasteiger partial charge in [-0.05, 0) is 25.0 Å². The fraction of sp³-hybridized carbons (Fsp3) is 0.533. The molecule has 6 heteroatoms. The second kappa shape index (κ2) is 5.91. The molecule has 116 valence electrons. The lowest BCUT2D eigenvalue weighted by Crippen LogP contribution is -2.57. The number of nitrogens with zero attached hydrogens (tertiary/aromatic N) is 1. The Balaban J connectivity index is 2.49. The van der Waals surface area contributed by atoms with Gasteiger partial charge < -0.3 is 25.0 Å². The first-order valence-electron chi connectivity index (χ1n) is 7.10. The number of hydrogen-bond acceptors (Lipinski definition) is 5. The molecule has 1 aromatic carbocycles. The van der Waals surface area contributed by atoms with Crippen LogP contribution in [0.2, 0.25) is 0 Å². The van der Waals surface area contributed by atoms with E-state index >= 15 is 0 Å². The number of ether oxygens (including phenoxy) is 1. The van der Waals surface area contributed by atoms with Crippen LogP contribution in [0.3, 0.4) is 0 Å². The van der Waals surface area contributed by atoms with Crippen molar-refractivity contribution >= 4 is 11.6 Å². The van der Waals surface area contributed by atoms with E-state index in [1.165, 1.54) is 17.0 Å². The summed E-state index contributed by atoms with van der Waals surface area (Å²) < 4.78 is 5.88. The molecule has 1 aliphatic rings. The van der Waals surface area contributed by atoms with E-state index in [1.807, 2.05) is 13.8 Å². The van der Waals surface area contributed by atoms with Crippen LogP contribution in [0.25, 0.3) is 0 Å². The molecular formula is C15H21NO5. The molecule has 3 N–H and O–H groups in total. The lowest BCUT2D eigenvalue weighted by Gasteiger charge is -2.42. The van der Waals surface area contributed by atoms with Crippen molar-refractivity contribution in [3.63, 3.8) is 0 Å². The van der Waals surface area contributed by atoms with Crippen molar-refractivity contribution in [1.29, 1.82) is 0 Å². The zero-order valence-corrected chi connectivity index (χ0v) is 12.2. The van der Waals surface area contributed by atoms with E-state index in [0.29, 0.717) is 24.3 Å². The number of anilines is 1. The van der Waals surface area contributed by atoms with Gasteiger partial charge in [-0.2, -0.15) is 0 Å². The molecule has 0 spiro atoms. The fourth-order valence-corrected chi connectivity index (χ4v) is 2.56. The first-order chi connectivity index (χ1) is 9.97. The Labute approximate surface area is 123 Å². The molecule has 1 unspecified atom stereocenters. The summed E-state index contributed by atoms with van der Waals surface area (Å²) in [5.74, 6) is 0.230. The maximum absolute atomic E-state index is 12.8. The van der Waals surface area contributed by atoms with Gasteiger partial charge in [0.15, 0.2) is 5.60 Å². The highest BCUT2D eigenvalue weighted by molar-refractivity contribution is 6.03. The number of carbonyl (C=O) groups is 1. The minimum atomic E-state index is -1.05. The second-order valence-electron chi connectivity index (χ2n) is 5.21. The Kier molecular flexibility index (Phi) is 4.39. The molecule has 1 amide bonds.